The Hall–Kier alpha value is -1.78. The highest BCUT2D eigenvalue weighted by atomic mass is 16.6. The van der Waals surface area contributed by atoms with E-state index < -0.39 is 0 Å². The maximum absolute atomic E-state index is 4.94. The summed E-state index contributed by atoms with van der Waals surface area (Å²) in [7, 11) is 0. The highest BCUT2D eigenvalue weighted by molar-refractivity contribution is 5.53. The number of benzene rings is 1. The fourth-order valence-corrected chi connectivity index (χ4v) is 1.48. The summed E-state index contributed by atoms with van der Waals surface area (Å²) in [5, 5.41) is 0. The monoisotopic (exact) mass is 244 g/mol. The first-order valence-electron chi connectivity index (χ1n) is 5.95. The van der Waals surface area contributed by atoms with Gasteiger partial charge in [-0.15, -0.1) is 0 Å². The molecule has 3 rings (SSSR count). The largest absolute Gasteiger partial charge is 0.377 e. The van der Waals surface area contributed by atoms with Crippen LogP contribution in [0.4, 0.5) is 0 Å². The summed E-state index contributed by atoms with van der Waals surface area (Å²) in [6.07, 6.45) is 3.49. The second kappa shape index (κ2) is 7.53. The molecule has 2 heterocycles. The zero-order chi connectivity index (χ0) is 12.5. The van der Waals surface area contributed by atoms with Crippen LogP contribution in [-0.2, 0) is 9.47 Å². The molecule has 0 amide bonds. The first-order chi connectivity index (χ1) is 8.97. The van der Waals surface area contributed by atoms with Gasteiger partial charge < -0.3 is 9.47 Å². The maximum Gasteiger partial charge on any atom is 0.159 e. The Bertz CT molecular complexity index is 381. The third-order valence-electron chi connectivity index (χ3n) is 2.34. The molecule has 1 aromatic heterocycles. The van der Waals surface area contributed by atoms with Crippen molar-refractivity contribution in [3.8, 4) is 11.4 Å². The van der Waals surface area contributed by atoms with E-state index in [9.17, 15) is 0 Å². The first-order valence-corrected chi connectivity index (χ1v) is 5.95. The van der Waals surface area contributed by atoms with Crippen molar-refractivity contribution in [2.75, 3.05) is 26.4 Å². The van der Waals surface area contributed by atoms with Gasteiger partial charge in [0.1, 0.15) is 0 Å². The van der Waals surface area contributed by atoms with E-state index in [1.165, 1.54) is 0 Å². The van der Waals surface area contributed by atoms with Gasteiger partial charge in [0.05, 0.1) is 26.4 Å². The quantitative estimate of drug-likeness (QED) is 0.771. The zero-order valence-electron chi connectivity index (χ0n) is 10.2. The molecule has 0 atom stereocenters. The summed E-state index contributed by atoms with van der Waals surface area (Å²) in [5.74, 6) is 0.776. The molecule has 4 nitrogen and oxygen atoms in total. The predicted molar refractivity (Wildman–Crippen MR) is 69.1 cm³/mol. The van der Waals surface area contributed by atoms with Crippen molar-refractivity contribution in [1.82, 2.24) is 9.97 Å². The SMILES string of the molecule is C1COCCO1.c1ccc(-c2ncccn2)cc1. The molecular formula is C14H16N2O2. The molecule has 2 aromatic rings. The molecule has 0 unspecified atom stereocenters. The van der Waals surface area contributed by atoms with E-state index in [-0.39, 0.29) is 0 Å². The summed E-state index contributed by atoms with van der Waals surface area (Å²) in [5.41, 5.74) is 1.05. The van der Waals surface area contributed by atoms with Crippen LogP contribution in [0.1, 0.15) is 0 Å². The minimum Gasteiger partial charge on any atom is -0.377 e. The van der Waals surface area contributed by atoms with Gasteiger partial charge in [0, 0.05) is 18.0 Å². The van der Waals surface area contributed by atoms with Crippen LogP contribution in [0.5, 0.6) is 0 Å². The van der Waals surface area contributed by atoms with Crippen LogP contribution in [0.3, 0.4) is 0 Å². The summed E-state index contributed by atoms with van der Waals surface area (Å²) >= 11 is 0. The van der Waals surface area contributed by atoms with Crippen LogP contribution in [-0.4, -0.2) is 36.4 Å². The molecular weight excluding hydrogens is 228 g/mol. The van der Waals surface area contributed by atoms with Gasteiger partial charge >= 0.3 is 0 Å². The van der Waals surface area contributed by atoms with Gasteiger partial charge in [0.25, 0.3) is 0 Å². The topological polar surface area (TPSA) is 44.2 Å². The standard InChI is InChI=1S/C10H8N2.C4H8O2/c1-2-5-9(6-3-1)10-11-7-4-8-12-10;1-2-6-4-3-5-1/h1-8H;1-4H2. The molecule has 0 aliphatic carbocycles. The Morgan fingerprint density at radius 2 is 1.28 bits per heavy atom. The number of hydrogen-bond acceptors (Lipinski definition) is 4. The van der Waals surface area contributed by atoms with Crippen LogP contribution in [0.25, 0.3) is 11.4 Å². The van der Waals surface area contributed by atoms with Crippen LogP contribution in [0.2, 0.25) is 0 Å². The van der Waals surface area contributed by atoms with Crippen molar-refractivity contribution in [2.45, 2.75) is 0 Å². The molecule has 0 spiro atoms. The normalized spacial score (nSPS) is 14.4. The molecule has 94 valence electrons. The molecule has 1 aromatic carbocycles. The molecule has 1 fully saturated rings. The van der Waals surface area contributed by atoms with E-state index in [1.54, 1.807) is 12.4 Å². The third kappa shape index (κ3) is 4.24. The Labute approximate surface area is 107 Å². The Morgan fingerprint density at radius 1 is 0.722 bits per heavy atom. The number of aromatic nitrogens is 2. The maximum atomic E-state index is 4.94. The second-order valence-corrected chi connectivity index (χ2v) is 3.66. The molecule has 18 heavy (non-hydrogen) atoms. The van der Waals surface area contributed by atoms with Crippen LogP contribution >= 0.6 is 0 Å². The molecule has 1 saturated heterocycles. The molecule has 1 aliphatic heterocycles. The lowest BCUT2D eigenvalue weighted by atomic mass is 10.2. The van der Waals surface area contributed by atoms with E-state index in [0.29, 0.717) is 0 Å². The minimum atomic E-state index is 0.776. The molecule has 0 N–H and O–H groups in total. The predicted octanol–water partition coefficient (Wildman–Crippen LogP) is 2.18. The first kappa shape index (κ1) is 12.7. The average molecular weight is 244 g/mol. The van der Waals surface area contributed by atoms with E-state index in [2.05, 4.69) is 9.97 Å². The molecule has 0 saturated carbocycles. The molecule has 0 radical (unpaired) electrons. The van der Waals surface area contributed by atoms with Crippen molar-refractivity contribution < 1.29 is 9.47 Å². The zero-order valence-corrected chi connectivity index (χ0v) is 10.2. The second-order valence-electron chi connectivity index (χ2n) is 3.66. The summed E-state index contributed by atoms with van der Waals surface area (Å²) in [4.78, 5) is 8.28. The average Bonchev–Trinajstić information content (AvgIpc) is 2.51. The lowest BCUT2D eigenvalue weighted by Gasteiger charge is -2.09. The van der Waals surface area contributed by atoms with E-state index >= 15 is 0 Å². The molecule has 0 bridgehead atoms. The lowest BCUT2D eigenvalue weighted by Crippen LogP contribution is -2.16. The molecule has 1 aliphatic rings. The van der Waals surface area contributed by atoms with Crippen LogP contribution in [0.15, 0.2) is 48.8 Å². The van der Waals surface area contributed by atoms with Crippen molar-refractivity contribution in [2.24, 2.45) is 0 Å². The van der Waals surface area contributed by atoms with E-state index in [1.807, 2.05) is 36.4 Å². The van der Waals surface area contributed by atoms with Crippen molar-refractivity contribution in [3.05, 3.63) is 48.8 Å². The Kier molecular flexibility index (Phi) is 5.30. The van der Waals surface area contributed by atoms with Gasteiger partial charge in [-0.2, -0.15) is 0 Å². The highest BCUT2D eigenvalue weighted by Crippen LogP contribution is 2.11. The van der Waals surface area contributed by atoms with Gasteiger partial charge in [-0.05, 0) is 6.07 Å². The van der Waals surface area contributed by atoms with Gasteiger partial charge in [-0.3, -0.25) is 0 Å². The van der Waals surface area contributed by atoms with Crippen LogP contribution in [0, 0.1) is 0 Å². The minimum absolute atomic E-state index is 0.776. The molecule has 4 heteroatoms. The summed E-state index contributed by atoms with van der Waals surface area (Å²) in [6, 6.07) is 11.7. The number of ether oxygens (including phenoxy) is 2. The van der Waals surface area contributed by atoms with Gasteiger partial charge in [0.15, 0.2) is 5.82 Å². The van der Waals surface area contributed by atoms with Crippen molar-refractivity contribution in [3.63, 3.8) is 0 Å². The highest BCUT2D eigenvalue weighted by Gasteiger charge is 1.95. The third-order valence-corrected chi connectivity index (χ3v) is 2.34. The number of rotatable bonds is 1. The number of nitrogens with zero attached hydrogens (tertiary/aromatic N) is 2. The summed E-state index contributed by atoms with van der Waals surface area (Å²) in [6.45, 7) is 3.11. The van der Waals surface area contributed by atoms with Crippen molar-refractivity contribution >= 4 is 0 Å². The van der Waals surface area contributed by atoms with E-state index in [4.69, 9.17) is 9.47 Å². The van der Waals surface area contributed by atoms with Gasteiger partial charge in [-0.25, -0.2) is 9.97 Å². The Morgan fingerprint density at radius 3 is 1.78 bits per heavy atom. The van der Waals surface area contributed by atoms with Gasteiger partial charge in [0.2, 0.25) is 0 Å². The van der Waals surface area contributed by atoms with Gasteiger partial charge in [-0.1, -0.05) is 30.3 Å². The lowest BCUT2D eigenvalue weighted by molar-refractivity contribution is -0.0334. The van der Waals surface area contributed by atoms with E-state index in [0.717, 1.165) is 37.8 Å². The smallest absolute Gasteiger partial charge is 0.159 e. The fourth-order valence-electron chi connectivity index (χ4n) is 1.48. The summed E-state index contributed by atoms with van der Waals surface area (Å²) < 4.78 is 9.89. The van der Waals surface area contributed by atoms with Crippen LogP contribution < -0.4 is 0 Å². The fraction of sp³-hybridized carbons (Fsp3) is 0.286. The van der Waals surface area contributed by atoms with Crippen molar-refractivity contribution in [1.29, 1.82) is 0 Å². The number of hydrogen-bond donors (Lipinski definition) is 0. The Balaban J connectivity index is 0.000000169.